The summed E-state index contributed by atoms with van der Waals surface area (Å²) >= 11 is 5.91. The molecule has 0 aliphatic rings. The van der Waals surface area contributed by atoms with Crippen LogP contribution in [0.3, 0.4) is 0 Å². The monoisotopic (exact) mass is 362 g/mol. The number of rotatable bonds is 5. The number of ether oxygens (including phenoxy) is 1. The Bertz CT molecular complexity index is 847. The number of hydrogen-bond acceptors (Lipinski definition) is 3. The van der Waals surface area contributed by atoms with E-state index in [1.165, 1.54) is 31.2 Å². The highest BCUT2D eigenvalue weighted by Gasteiger charge is 2.31. The zero-order valence-electron chi connectivity index (χ0n) is 13.6. The molecule has 0 heterocycles. The topological polar surface area (TPSA) is 62.9 Å². The fourth-order valence-electron chi connectivity index (χ4n) is 1.89. The number of benzene rings is 2. The molecule has 1 atom stereocenters. The van der Waals surface area contributed by atoms with Crippen molar-refractivity contribution in [1.29, 1.82) is 0 Å². The normalized spacial score (nSPS) is 12.8. The molecule has 0 unspecified atom stereocenters. The highest BCUT2D eigenvalue weighted by molar-refractivity contribution is 6.33. The van der Waals surface area contributed by atoms with Crippen LogP contribution in [0.4, 0.5) is 15.8 Å². The summed E-state index contributed by atoms with van der Waals surface area (Å²) < 4.78 is 18.8. The Balaban J connectivity index is 2.03. The molecule has 5 nitrogen and oxygen atoms in total. The average Bonchev–Trinajstić information content (AvgIpc) is 2.56. The highest BCUT2D eigenvalue weighted by atomic mass is 35.5. The summed E-state index contributed by atoms with van der Waals surface area (Å²) in [6.07, 6.45) is 0. The van der Waals surface area contributed by atoms with Crippen LogP contribution in [-0.2, 0) is 4.79 Å². The number of anilines is 1. The summed E-state index contributed by atoms with van der Waals surface area (Å²) in [5.74, 6) is -0.941. The number of carbonyl (C=O) groups excluding carboxylic acids is 1. The van der Waals surface area contributed by atoms with E-state index < -0.39 is 17.3 Å². The minimum Gasteiger partial charge on any atom is -0.490 e. The van der Waals surface area contributed by atoms with Crippen LogP contribution in [0.5, 0.6) is 5.75 Å². The molecular formula is C18H16ClFN2O3. The molecule has 1 amide bonds. The van der Waals surface area contributed by atoms with Crippen LogP contribution in [0.25, 0.3) is 4.85 Å². The predicted molar refractivity (Wildman–Crippen MR) is 93.6 cm³/mol. The predicted octanol–water partition coefficient (Wildman–Crippen LogP) is 4.11. The zero-order chi connectivity index (χ0) is 18.6. The second-order valence-electron chi connectivity index (χ2n) is 5.71. The minimum atomic E-state index is -1.85. The summed E-state index contributed by atoms with van der Waals surface area (Å²) in [5, 5.41) is 13.0. The first kappa shape index (κ1) is 18.7. The number of aliphatic hydroxyl groups is 1. The quantitative estimate of drug-likeness (QED) is 0.787. The van der Waals surface area contributed by atoms with Gasteiger partial charge >= 0.3 is 0 Å². The summed E-state index contributed by atoms with van der Waals surface area (Å²) in [4.78, 5) is 15.4. The van der Waals surface area contributed by atoms with Gasteiger partial charge in [0.2, 0.25) is 5.69 Å². The van der Waals surface area contributed by atoms with Gasteiger partial charge in [0.1, 0.15) is 18.2 Å². The average molecular weight is 363 g/mol. The molecule has 2 N–H and O–H groups in total. The highest BCUT2D eigenvalue weighted by Crippen LogP contribution is 2.28. The third-order valence-corrected chi connectivity index (χ3v) is 3.78. The largest absolute Gasteiger partial charge is 0.490 e. The number of halogens is 2. The van der Waals surface area contributed by atoms with E-state index in [2.05, 4.69) is 10.2 Å². The van der Waals surface area contributed by atoms with E-state index in [0.29, 0.717) is 11.3 Å². The molecular weight excluding hydrogens is 347 g/mol. The lowest BCUT2D eigenvalue weighted by atomic mass is 10.1. The van der Waals surface area contributed by atoms with E-state index in [4.69, 9.17) is 22.9 Å². The van der Waals surface area contributed by atoms with Gasteiger partial charge in [0, 0.05) is 16.8 Å². The van der Waals surface area contributed by atoms with Crippen molar-refractivity contribution in [1.82, 2.24) is 0 Å². The molecule has 2 aromatic rings. The number of amides is 1. The lowest BCUT2D eigenvalue weighted by Gasteiger charge is -2.22. The van der Waals surface area contributed by atoms with Gasteiger partial charge in [0.15, 0.2) is 5.60 Å². The first-order valence-corrected chi connectivity index (χ1v) is 7.70. The van der Waals surface area contributed by atoms with E-state index in [1.807, 2.05) is 0 Å². The summed E-state index contributed by atoms with van der Waals surface area (Å²) in [6, 6.07) is 8.66. The molecule has 2 rings (SSSR count). The van der Waals surface area contributed by atoms with E-state index in [9.17, 15) is 14.3 Å². The SMILES string of the molecule is [C-]#[N+]c1ccc(NC(=O)[C@@](C)(O)COc2ccc(C)c(F)c2)cc1Cl. The number of aryl methyl sites for hydroxylation is 1. The Kier molecular flexibility index (Phi) is 5.62. The minimum absolute atomic E-state index is 0.193. The standard InChI is InChI=1S/C18H16ClFN2O3/c1-11-4-6-13(9-15(11)20)25-10-18(2,24)17(23)22-12-5-7-16(21-3)14(19)8-12/h4-9,24H,10H2,1-2H3,(H,22,23)/t18-/m0/s1. The molecule has 0 saturated carbocycles. The third-order valence-electron chi connectivity index (χ3n) is 3.48. The molecule has 2 aromatic carbocycles. The van der Waals surface area contributed by atoms with Gasteiger partial charge in [-0.1, -0.05) is 23.7 Å². The van der Waals surface area contributed by atoms with Crippen LogP contribution in [0.2, 0.25) is 5.02 Å². The fraction of sp³-hybridized carbons (Fsp3) is 0.222. The number of hydrogen-bond donors (Lipinski definition) is 2. The first-order valence-electron chi connectivity index (χ1n) is 7.33. The molecule has 0 saturated heterocycles. The Morgan fingerprint density at radius 3 is 2.72 bits per heavy atom. The van der Waals surface area contributed by atoms with Crippen LogP contribution in [0.15, 0.2) is 36.4 Å². The lowest BCUT2D eigenvalue weighted by molar-refractivity contribution is -0.135. The summed E-state index contributed by atoms with van der Waals surface area (Å²) in [6.45, 7) is 9.46. The van der Waals surface area contributed by atoms with Crippen molar-refractivity contribution in [2.24, 2.45) is 0 Å². The van der Waals surface area contributed by atoms with Crippen LogP contribution in [0, 0.1) is 19.3 Å². The van der Waals surface area contributed by atoms with Crippen LogP contribution >= 0.6 is 11.6 Å². The van der Waals surface area contributed by atoms with Gasteiger partial charge in [-0.15, -0.1) is 0 Å². The van der Waals surface area contributed by atoms with Crippen LogP contribution in [0.1, 0.15) is 12.5 Å². The molecule has 7 heteroatoms. The van der Waals surface area contributed by atoms with Gasteiger partial charge in [0.25, 0.3) is 5.91 Å². The van der Waals surface area contributed by atoms with Gasteiger partial charge in [0.05, 0.1) is 6.57 Å². The van der Waals surface area contributed by atoms with E-state index >= 15 is 0 Å². The Morgan fingerprint density at radius 2 is 2.12 bits per heavy atom. The van der Waals surface area contributed by atoms with Crippen molar-refractivity contribution in [3.8, 4) is 5.75 Å². The van der Waals surface area contributed by atoms with Crippen molar-refractivity contribution in [3.05, 3.63) is 64.2 Å². The zero-order valence-corrected chi connectivity index (χ0v) is 14.4. The lowest BCUT2D eigenvalue weighted by Crippen LogP contribution is -2.45. The van der Waals surface area contributed by atoms with Gasteiger partial charge in [-0.25, -0.2) is 9.24 Å². The molecule has 0 bridgehead atoms. The number of nitrogens with zero attached hydrogens (tertiary/aromatic N) is 1. The van der Waals surface area contributed by atoms with Gasteiger partial charge < -0.3 is 15.2 Å². The van der Waals surface area contributed by atoms with Gasteiger partial charge in [-0.05, 0) is 37.6 Å². The summed E-state index contributed by atoms with van der Waals surface area (Å²) in [7, 11) is 0. The molecule has 0 fully saturated rings. The van der Waals surface area contributed by atoms with Crippen LogP contribution in [-0.4, -0.2) is 23.2 Å². The first-order chi connectivity index (χ1) is 11.7. The van der Waals surface area contributed by atoms with Crippen molar-refractivity contribution in [2.45, 2.75) is 19.4 Å². The second-order valence-corrected chi connectivity index (χ2v) is 6.11. The molecule has 0 radical (unpaired) electrons. The molecule has 0 aromatic heterocycles. The Morgan fingerprint density at radius 1 is 1.40 bits per heavy atom. The molecule has 0 aliphatic heterocycles. The molecule has 25 heavy (non-hydrogen) atoms. The maximum atomic E-state index is 13.5. The second kappa shape index (κ2) is 7.51. The van der Waals surface area contributed by atoms with Crippen molar-refractivity contribution < 1.29 is 19.0 Å². The smallest absolute Gasteiger partial charge is 0.259 e. The Labute approximate surface area is 149 Å². The molecule has 0 spiro atoms. The van der Waals surface area contributed by atoms with E-state index in [-0.39, 0.29) is 23.1 Å². The van der Waals surface area contributed by atoms with E-state index in [1.54, 1.807) is 19.1 Å². The van der Waals surface area contributed by atoms with Crippen molar-refractivity contribution in [3.63, 3.8) is 0 Å². The van der Waals surface area contributed by atoms with Gasteiger partial charge in [-0.2, -0.15) is 0 Å². The van der Waals surface area contributed by atoms with Crippen molar-refractivity contribution in [2.75, 3.05) is 11.9 Å². The van der Waals surface area contributed by atoms with Crippen molar-refractivity contribution >= 4 is 28.9 Å². The summed E-state index contributed by atoms with van der Waals surface area (Å²) in [5.41, 5.74) is -0.788. The van der Waals surface area contributed by atoms with Gasteiger partial charge in [-0.3, -0.25) is 4.79 Å². The maximum absolute atomic E-state index is 13.5. The van der Waals surface area contributed by atoms with E-state index in [0.717, 1.165) is 0 Å². The maximum Gasteiger partial charge on any atom is 0.259 e. The molecule has 0 aliphatic carbocycles. The Hall–Kier alpha value is -2.62. The third kappa shape index (κ3) is 4.69. The van der Waals surface area contributed by atoms with Crippen LogP contribution < -0.4 is 10.1 Å². The number of carbonyl (C=O) groups is 1. The fourth-order valence-corrected chi connectivity index (χ4v) is 2.12. The number of nitrogens with one attached hydrogen (secondary N) is 1. The molecule has 130 valence electrons.